The van der Waals surface area contributed by atoms with Crippen LogP contribution in [0.5, 0.6) is 5.95 Å². The van der Waals surface area contributed by atoms with E-state index < -0.39 is 0 Å². The van der Waals surface area contributed by atoms with Crippen molar-refractivity contribution in [1.29, 1.82) is 0 Å². The van der Waals surface area contributed by atoms with Crippen LogP contribution < -0.4 is 9.67 Å². The van der Waals surface area contributed by atoms with Crippen LogP contribution in [0.25, 0.3) is 0 Å². The van der Waals surface area contributed by atoms with Crippen LogP contribution in [0.4, 0.5) is 0 Å². The number of rotatable bonds is 0. The highest BCUT2D eigenvalue weighted by molar-refractivity contribution is 4.82. The molecule has 0 amide bonds. The quantitative estimate of drug-likeness (QED) is 0.398. The molecule has 0 aliphatic carbocycles. The van der Waals surface area contributed by atoms with Crippen LogP contribution in [0.1, 0.15) is 0 Å². The van der Waals surface area contributed by atoms with E-state index in [1.807, 2.05) is 0 Å². The first-order valence-corrected chi connectivity index (χ1v) is 1.90. The Morgan fingerprint density at radius 2 is 2.57 bits per heavy atom. The van der Waals surface area contributed by atoms with Gasteiger partial charge in [-0.3, -0.25) is 0 Å². The van der Waals surface area contributed by atoms with Crippen LogP contribution in [-0.4, -0.2) is 0 Å². The Hall–Kier alpha value is -0.990. The summed E-state index contributed by atoms with van der Waals surface area (Å²) in [6.45, 7) is 0. The minimum atomic E-state index is -0.303. The van der Waals surface area contributed by atoms with Crippen molar-refractivity contribution in [1.82, 2.24) is 0 Å². The van der Waals surface area contributed by atoms with Gasteiger partial charge >= 0.3 is 0 Å². The summed E-state index contributed by atoms with van der Waals surface area (Å²) in [6, 6.07) is 0. The van der Waals surface area contributed by atoms with Crippen molar-refractivity contribution in [3.8, 4) is 5.95 Å². The zero-order chi connectivity index (χ0) is 5.28. The molecule has 0 radical (unpaired) electrons. The summed E-state index contributed by atoms with van der Waals surface area (Å²) in [6.07, 6.45) is 2.71. The Morgan fingerprint density at radius 3 is 2.71 bits per heavy atom. The van der Waals surface area contributed by atoms with E-state index in [1.165, 1.54) is 12.6 Å². The van der Waals surface area contributed by atoms with Gasteiger partial charge < -0.3 is 9.52 Å². The molecule has 0 aliphatic heterocycles. The van der Waals surface area contributed by atoms with Crippen molar-refractivity contribution in [2.24, 2.45) is 7.05 Å². The number of hydrogen-bond acceptors (Lipinski definition) is 2. The van der Waals surface area contributed by atoms with Gasteiger partial charge in [0.2, 0.25) is 6.39 Å². The Labute approximate surface area is 40.8 Å². The predicted molar refractivity (Wildman–Crippen MR) is 19.3 cm³/mol. The largest absolute Gasteiger partial charge is 0.540 e. The van der Waals surface area contributed by atoms with Crippen LogP contribution in [0.2, 0.25) is 0 Å². The SMILES string of the molecule is C[n+]1coc([O-])c1. The van der Waals surface area contributed by atoms with Gasteiger partial charge in [-0.15, -0.1) is 0 Å². The van der Waals surface area contributed by atoms with Gasteiger partial charge in [0.05, 0.1) is 0 Å². The Kier molecular flexibility index (Phi) is 0.749. The van der Waals surface area contributed by atoms with Gasteiger partial charge in [-0.05, 0) is 0 Å². The molecule has 3 heteroatoms. The van der Waals surface area contributed by atoms with Gasteiger partial charge in [-0.25, -0.2) is 0 Å². The molecule has 0 aromatic carbocycles. The van der Waals surface area contributed by atoms with Gasteiger partial charge in [0, 0.05) is 0 Å². The lowest BCUT2D eigenvalue weighted by Crippen LogP contribution is -2.22. The monoisotopic (exact) mass is 99.0 g/mol. The lowest BCUT2D eigenvalue weighted by atomic mass is 10.9. The van der Waals surface area contributed by atoms with E-state index in [1.54, 1.807) is 11.6 Å². The molecule has 0 atom stereocenters. The molecule has 0 bridgehead atoms. The third kappa shape index (κ3) is 0.707. The molecule has 0 saturated heterocycles. The first-order chi connectivity index (χ1) is 3.29. The van der Waals surface area contributed by atoms with Crippen molar-refractivity contribution in [2.75, 3.05) is 0 Å². The molecule has 1 heterocycles. The maximum absolute atomic E-state index is 10.1. The molecule has 38 valence electrons. The number of hydrogen-bond donors (Lipinski definition) is 0. The number of oxazole rings is 1. The van der Waals surface area contributed by atoms with Crippen molar-refractivity contribution in [3.05, 3.63) is 12.6 Å². The minimum Gasteiger partial charge on any atom is -0.540 e. The molecule has 0 spiro atoms. The Morgan fingerprint density at radius 1 is 1.86 bits per heavy atom. The smallest absolute Gasteiger partial charge is 0.222 e. The first kappa shape index (κ1) is 4.18. The minimum absolute atomic E-state index is 0.303. The zero-order valence-corrected chi connectivity index (χ0v) is 3.92. The standard InChI is InChI=1S/C4H5NO2/c1-5-2-4(6)7-3-5/h2-3H,1H3. The fourth-order valence-corrected chi connectivity index (χ4v) is 0.362. The van der Waals surface area contributed by atoms with Crippen LogP contribution in [0.15, 0.2) is 17.0 Å². The molecule has 0 unspecified atom stereocenters. The molecule has 1 rings (SSSR count). The van der Waals surface area contributed by atoms with E-state index in [-0.39, 0.29) is 5.95 Å². The maximum atomic E-state index is 10.1. The van der Waals surface area contributed by atoms with Gasteiger partial charge in [-0.2, -0.15) is 4.57 Å². The highest BCUT2D eigenvalue weighted by atomic mass is 16.5. The average molecular weight is 99.1 g/mol. The molecule has 0 fully saturated rings. The van der Waals surface area contributed by atoms with Crippen LogP contribution in [0, 0.1) is 0 Å². The van der Waals surface area contributed by atoms with E-state index >= 15 is 0 Å². The van der Waals surface area contributed by atoms with Crippen LogP contribution in [-0.2, 0) is 7.05 Å². The van der Waals surface area contributed by atoms with Crippen LogP contribution >= 0.6 is 0 Å². The second-order valence-corrected chi connectivity index (χ2v) is 1.34. The van der Waals surface area contributed by atoms with Crippen LogP contribution in [0.3, 0.4) is 0 Å². The maximum Gasteiger partial charge on any atom is 0.222 e. The van der Waals surface area contributed by atoms with E-state index in [0.717, 1.165) is 0 Å². The summed E-state index contributed by atoms with van der Waals surface area (Å²) in [5.74, 6) is -0.303. The van der Waals surface area contributed by atoms with Gasteiger partial charge in [0.15, 0.2) is 6.20 Å². The summed E-state index contributed by atoms with van der Waals surface area (Å²) in [7, 11) is 1.73. The molecule has 0 N–H and O–H groups in total. The topological polar surface area (TPSA) is 40.1 Å². The van der Waals surface area contributed by atoms with E-state index in [4.69, 9.17) is 0 Å². The summed E-state index contributed by atoms with van der Waals surface area (Å²) < 4.78 is 5.93. The second-order valence-electron chi connectivity index (χ2n) is 1.34. The molecule has 1 aromatic rings. The van der Waals surface area contributed by atoms with Gasteiger partial charge in [-0.1, -0.05) is 0 Å². The fourth-order valence-electron chi connectivity index (χ4n) is 0.362. The summed E-state index contributed by atoms with van der Waals surface area (Å²) >= 11 is 0. The summed E-state index contributed by atoms with van der Waals surface area (Å²) in [4.78, 5) is 0. The van der Waals surface area contributed by atoms with Gasteiger partial charge in [0.1, 0.15) is 13.0 Å². The molecule has 1 aromatic heterocycles. The highest BCUT2D eigenvalue weighted by Crippen LogP contribution is 1.93. The van der Waals surface area contributed by atoms with E-state index in [9.17, 15) is 5.11 Å². The predicted octanol–water partition coefficient (Wildman–Crippen LogP) is -0.822. The lowest BCUT2D eigenvalue weighted by molar-refractivity contribution is -0.675. The average Bonchev–Trinajstić information content (AvgIpc) is 1.87. The molecule has 0 aliphatic rings. The van der Waals surface area contributed by atoms with Crippen molar-refractivity contribution >= 4 is 0 Å². The van der Waals surface area contributed by atoms with Crippen molar-refractivity contribution < 1.29 is 14.1 Å². The summed E-state index contributed by atoms with van der Waals surface area (Å²) in [5, 5.41) is 10.1. The number of aromatic nitrogens is 1. The summed E-state index contributed by atoms with van der Waals surface area (Å²) in [5.41, 5.74) is 0. The second kappa shape index (κ2) is 1.26. The Bertz CT molecular complexity index is 142. The lowest BCUT2D eigenvalue weighted by Gasteiger charge is -1.77. The van der Waals surface area contributed by atoms with E-state index in [2.05, 4.69) is 4.42 Å². The molecule has 3 nitrogen and oxygen atoms in total. The van der Waals surface area contributed by atoms with Gasteiger partial charge in [0.25, 0.3) is 0 Å². The number of aryl methyl sites for hydroxylation is 1. The van der Waals surface area contributed by atoms with Crippen molar-refractivity contribution in [3.63, 3.8) is 0 Å². The zero-order valence-electron chi connectivity index (χ0n) is 3.92. The Balaban J connectivity index is 3.04. The third-order valence-electron chi connectivity index (χ3n) is 0.644. The van der Waals surface area contributed by atoms with Crippen molar-refractivity contribution in [2.45, 2.75) is 0 Å². The third-order valence-corrected chi connectivity index (χ3v) is 0.644. The molecule has 0 saturated carbocycles. The van der Waals surface area contributed by atoms with E-state index in [0.29, 0.717) is 0 Å². The fraction of sp³-hybridized carbons (Fsp3) is 0.250. The normalized spacial score (nSPS) is 9.29. The number of nitrogens with zero attached hydrogens (tertiary/aromatic N) is 1. The molecular weight excluding hydrogens is 94.0 g/mol. The first-order valence-electron chi connectivity index (χ1n) is 1.90. The highest BCUT2D eigenvalue weighted by Gasteiger charge is 1.86. The molecule has 7 heavy (non-hydrogen) atoms. The molecular formula is C4H5NO2.